The number of nitrogens with zero attached hydrogens (tertiary/aromatic N) is 1. The molecular formula is C10H21N2O3P. The Labute approximate surface area is 96.5 Å². The molecule has 1 aliphatic heterocycles. The summed E-state index contributed by atoms with van der Waals surface area (Å²) in [6.45, 7) is 2.38. The standard InChI is InChI=1S/C10H21N2O3P/c1-2-3-4-5-6-7-9-11-8-10(12-9)16(13,14)15/h10H,2-8H2,1H3,(H,11,12)(H2,13,14,15). The maximum absolute atomic E-state index is 11.0. The van der Waals surface area contributed by atoms with Crippen molar-refractivity contribution in [2.75, 3.05) is 6.54 Å². The first-order valence-corrected chi connectivity index (χ1v) is 7.57. The summed E-state index contributed by atoms with van der Waals surface area (Å²) in [5.74, 6) is -0.0389. The Morgan fingerprint density at radius 3 is 2.62 bits per heavy atom. The van der Waals surface area contributed by atoms with Gasteiger partial charge >= 0.3 is 7.60 Å². The lowest BCUT2D eigenvalue weighted by Crippen LogP contribution is -2.29. The topological polar surface area (TPSA) is 81.9 Å². The quantitative estimate of drug-likeness (QED) is 0.474. The average Bonchev–Trinajstić information content (AvgIpc) is 2.65. The van der Waals surface area contributed by atoms with Gasteiger partial charge in [0.2, 0.25) is 0 Å². The maximum atomic E-state index is 11.0. The van der Waals surface area contributed by atoms with Gasteiger partial charge < -0.3 is 15.1 Å². The van der Waals surface area contributed by atoms with Crippen LogP contribution in [0.3, 0.4) is 0 Å². The van der Waals surface area contributed by atoms with Gasteiger partial charge in [-0.05, 0) is 6.42 Å². The van der Waals surface area contributed by atoms with Crippen molar-refractivity contribution < 1.29 is 14.4 Å². The van der Waals surface area contributed by atoms with Gasteiger partial charge in [-0.2, -0.15) is 0 Å². The number of rotatable bonds is 7. The van der Waals surface area contributed by atoms with Crippen LogP contribution >= 0.6 is 7.60 Å². The molecule has 0 fully saturated rings. The van der Waals surface area contributed by atoms with Crippen LogP contribution in [0.4, 0.5) is 0 Å². The van der Waals surface area contributed by atoms with Crippen molar-refractivity contribution in [1.29, 1.82) is 0 Å². The van der Waals surface area contributed by atoms with Crippen molar-refractivity contribution in [3.63, 3.8) is 0 Å². The number of hydrogen-bond acceptors (Lipinski definition) is 3. The van der Waals surface area contributed by atoms with E-state index in [0.29, 0.717) is 0 Å². The molecule has 1 atom stereocenters. The Morgan fingerprint density at radius 2 is 2.06 bits per heavy atom. The van der Waals surface area contributed by atoms with Gasteiger partial charge in [-0.25, -0.2) is 0 Å². The summed E-state index contributed by atoms with van der Waals surface area (Å²) in [7, 11) is -4.03. The first-order valence-electron chi connectivity index (χ1n) is 5.89. The van der Waals surface area contributed by atoms with Crippen molar-refractivity contribution in [3.8, 4) is 0 Å². The third-order valence-corrected chi connectivity index (χ3v) is 3.82. The Bertz CT molecular complexity index is 288. The second-order valence-electron chi connectivity index (χ2n) is 4.20. The first kappa shape index (κ1) is 13.7. The number of amidine groups is 1. The van der Waals surface area contributed by atoms with Gasteiger partial charge in [0, 0.05) is 6.42 Å². The molecule has 1 heterocycles. The Hall–Kier alpha value is -0.380. The van der Waals surface area contributed by atoms with Crippen molar-refractivity contribution in [3.05, 3.63) is 0 Å². The summed E-state index contributed by atoms with van der Waals surface area (Å²) < 4.78 is 11.0. The fraction of sp³-hybridized carbons (Fsp3) is 0.900. The van der Waals surface area contributed by atoms with Gasteiger partial charge in [-0.1, -0.05) is 32.6 Å². The van der Waals surface area contributed by atoms with E-state index in [1.54, 1.807) is 0 Å². The van der Waals surface area contributed by atoms with E-state index < -0.39 is 13.4 Å². The SMILES string of the molecule is CCCCCCCC1=NCC(P(=O)(O)O)N1. The van der Waals surface area contributed by atoms with E-state index in [2.05, 4.69) is 17.2 Å². The zero-order chi connectivity index (χ0) is 12.0. The fourth-order valence-corrected chi connectivity index (χ4v) is 2.33. The normalized spacial score (nSPS) is 20.7. The number of nitrogens with one attached hydrogen (secondary N) is 1. The third kappa shape index (κ3) is 4.64. The van der Waals surface area contributed by atoms with Gasteiger partial charge in [-0.15, -0.1) is 0 Å². The summed E-state index contributed by atoms with van der Waals surface area (Å²) in [6.07, 6.45) is 6.71. The van der Waals surface area contributed by atoms with Gasteiger partial charge in [0.1, 0.15) is 5.78 Å². The predicted molar refractivity (Wildman–Crippen MR) is 64.6 cm³/mol. The van der Waals surface area contributed by atoms with Crippen molar-refractivity contribution >= 4 is 13.4 Å². The molecule has 1 unspecified atom stereocenters. The predicted octanol–water partition coefficient (Wildman–Crippen LogP) is 1.85. The molecule has 0 aromatic carbocycles. The lowest BCUT2D eigenvalue weighted by Gasteiger charge is -2.12. The highest BCUT2D eigenvalue weighted by Gasteiger charge is 2.32. The lowest BCUT2D eigenvalue weighted by molar-refractivity contribution is 0.357. The smallest absolute Gasteiger partial charge is 0.349 e. The molecule has 1 rings (SSSR count). The van der Waals surface area contributed by atoms with Crippen molar-refractivity contribution in [2.24, 2.45) is 4.99 Å². The molecule has 0 saturated heterocycles. The Kier molecular flexibility index (Phi) is 5.46. The van der Waals surface area contributed by atoms with Crippen molar-refractivity contribution in [2.45, 2.75) is 51.2 Å². The largest absolute Gasteiger partial charge is 0.359 e. The first-order chi connectivity index (χ1) is 7.54. The van der Waals surface area contributed by atoms with Crippen LogP contribution in [0.5, 0.6) is 0 Å². The highest BCUT2D eigenvalue weighted by atomic mass is 31.2. The molecule has 0 aromatic heterocycles. The molecule has 3 N–H and O–H groups in total. The molecule has 0 radical (unpaired) electrons. The Morgan fingerprint density at radius 1 is 1.38 bits per heavy atom. The van der Waals surface area contributed by atoms with Crippen LogP contribution in [0, 0.1) is 0 Å². The summed E-state index contributed by atoms with van der Waals surface area (Å²) in [4.78, 5) is 22.0. The second-order valence-corrected chi connectivity index (χ2v) is 6.00. The zero-order valence-electron chi connectivity index (χ0n) is 9.72. The van der Waals surface area contributed by atoms with Crippen LogP contribution in [-0.4, -0.2) is 28.0 Å². The molecule has 5 nitrogen and oxygen atoms in total. The second kappa shape index (κ2) is 6.38. The summed E-state index contributed by atoms with van der Waals surface area (Å²) >= 11 is 0. The Balaban J connectivity index is 2.14. The van der Waals surface area contributed by atoms with Crippen LogP contribution in [0.15, 0.2) is 4.99 Å². The molecular weight excluding hydrogens is 227 g/mol. The van der Waals surface area contributed by atoms with Crippen LogP contribution < -0.4 is 5.32 Å². The maximum Gasteiger partial charge on any atom is 0.349 e. The molecule has 94 valence electrons. The van der Waals surface area contributed by atoms with E-state index >= 15 is 0 Å². The van der Waals surface area contributed by atoms with Gasteiger partial charge in [0.05, 0.1) is 12.4 Å². The van der Waals surface area contributed by atoms with E-state index in [1.165, 1.54) is 19.3 Å². The van der Waals surface area contributed by atoms with E-state index in [-0.39, 0.29) is 6.54 Å². The molecule has 0 aromatic rings. The number of hydrogen-bond donors (Lipinski definition) is 3. The van der Waals surface area contributed by atoms with E-state index in [9.17, 15) is 4.57 Å². The molecule has 0 saturated carbocycles. The molecule has 6 heteroatoms. The summed E-state index contributed by atoms with van der Waals surface area (Å²) in [5, 5.41) is 2.81. The van der Waals surface area contributed by atoms with Gasteiger partial charge in [0.25, 0.3) is 0 Å². The number of unbranched alkanes of at least 4 members (excludes halogenated alkanes) is 4. The fourth-order valence-electron chi connectivity index (χ4n) is 1.72. The third-order valence-electron chi connectivity index (χ3n) is 2.71. The minimum absolute atomic E-state index is 0.203. The van der Waals surface area contributed by atoms with E-state index in [0.717, 1.165) is 25.1 Å². The van der Waals surface area contributed by atoms with Crippen LogP contribution in [-0.2, 0) is 4.57 Å². The molecule has 0 bridgehead atoms. The molecule has 0 aliphatic carbocycles. The average molecular weight is 248 g/mol. The minimum atomic E-state index is -4.03. The molecule has 16 heavy (non-hydrogen) atoms. The van der Waals surface area contributed by atoms with Gasteiger partial charge in [0.15, 0.2) is 0 Å². The number of aliphatic imine (C=N–C) groups is 1. The molecule has 1 aliphatic rings. The van der Waals surface area contributed by atoms with E-state index in [1.807, 2.05) is 0 Å². The summed E-state index contributed by atoms with van der Waals surface area (Å²) in [6, 6.07) is 0. The minimum Gasteiger partial charge on any atom is -0.359 e. The zero-order valence-corrected chi connectivity index (χ0v) is 10.6. The lowest BCUT2D eigenvalue weighted by atomic mass is 10.1. The van der Waals surface area contributed by atoms with Crippen LogP contribution in [0.25, 0.3) is 0 Å². The molecule has 0 amide bonds. The summed E-state index contributed by atoms with van der Waals surface area (Å²) in [5.41, 5.74) is 0. The highest BCUT2D eigenvalue weighted by Crippen LogP contribution is 2.41. The monoisotopic (exact) mass is 248 g/mol. The van der Waals surface area contributed by atoms with Crippen LogP contribution in [0.1, 0.15) is 45.4 Å². The van der Waals surface area contributed by atoms with Crippen LogP contribution in [0.2, 0.25) is 0 Å². The van der Waals surface area contributed by atoms with E-state index in [4.69, 9.17) is 9.79 Å². The highest BCUT2D eigenvalue weighted by molar-refractivity contribution is 7.52. The van der Waals surface area contributed by atoms with Crippen molar-refractivity contribution in [1.82, 2.24) is 5.32 Å². The molecule has 0 spiro atoms. The van der Waals surface area contributed by atoms with Gasteiger partial charge in [-0.3, -0.25) is 9.56 Å².